The van der Waals surface area contributed by atoms with Gasteiger partial charge in [-0.05, 0) is 42.5 Å². The number of thiocarbonyl (C=S) groups is 1. The lowest BCUT2D eigenvalue weighted by atomic mass is 10.2. The molecule has 0 aliphatic rings. The van der Waals surface area contributed by atoms with E-state index in [9.17, 15) is 4.79 Å². The molecule has 0 aliphatic carbocycles. The van der Waals surface area contributed by atoms with Crippen LogP contribution in [0.2, 0.25) is 0 Å². The smallest absolute Gasteiger partial charge is 0.257 e. The third-order valence-electron chi connectivity index (χ3n) is 3.28. The van der Waals surface area contributed by atoms with Gasteiger partial charge in [0.1, 0.15) is 24.7 Å². The zero-order chi connectivity index (χ0) is 18.6. The molecular formula is C19H22N2O4S. The molecule has 138 valence electrons. The highest BCUT2D eigenvalue weighted by Gasteiger charge is 2.08. The van der Waals surface area contributed by atoms with Crippen LogP contribution in [0.1, 0.15) is 10.4 Å². The largest absolute Gasteiger partial charge is 0.490 e. The van der Waals surface area contributed by atoms with E-state index in [0.717, 1.165) is 5.75 Å². The van der Waals surface area contributed by atoms with Crippen molar-refractivity contribution in [3.05, 3.63) is 60.2 Å². The minimum absolute atomic E-state index is 0.259. The van der Waals surface area contributed by atoms with Gasteiger partial charge in [0.25, 0.3) is 5.91 Å². The first kappa shape index (κ1) is 19.7. The van der Waals surface area contributed by atoms with Gasteiger partial charge in [0.2, 0.25) is 0 Å². The summed E-state index contributed by atoms with van der Waals surface area (Å²) in [5.74, 6) is 1.08. The lowest BCUT2D eigenvalue weighted by molar-refractivity contribution is 0.0976. The Balaban J connectivity index is 1.77. The molecule has 6 nitrogen and oxygen atoms in total. The van der Waals surface area contributed by atoms with Gasteiger partial charge in [-0.1, -0.05) is 24.3 Å². The van der Waals surface area contributed by atoms with Gasteiger partial charge in [-0.3, -0.25) is 10.1 Å². The Morgan fingerprint density at radius 3 is 2.38 bits per heavy atom. The number of amides is 1. The average molecular weight is 374 g/mol. The van der Waals surface area contributed by atoms with Crippen LogP contribution in [0.15, 0.2) is 54.6 Å². The van der Waals surface area contributed by atoms with E-state index in [4.69, 9.17) is 26.4 Å². The van der Waals surface area contributed by atoms with Crippen molar-refractivity contribution in [3.8, 4) is 11.5 Å². The van der Waals surface area contributed by atoms with E-state index >= 15 is 0 Å². The fourth-order valence-corrected chi connectivity index (χ4v) is 2.24. The number of ether oxygens (including phenoxy) is 3. The summed E-state index contributed by atoms with van der Waals surface area (Å²) in [4.78, 5) is 12.2. The first-order valence-electron chi connectivity index (χ1n) is 8.18. The van der Waals surface area contributed by atoms with Crippen LogP contribution in [0.4, 0.5) is 0 Å². The zero-order valence-corrected chi connectivity index (χ0v) is 15.4. The molecule has 0 unspecified atom stereocenters. The summed E-state index contributed by atoms with van der Waals surface area (Å²) < 4.78 is 16.1. The molecule has 0 heterocycles. The van der Waals surface area contributed by atoms with Crippen molar-refractivity contribution in [2.45, 2.75) is 0 Å². The zero-order valence-electron chi connectivity index (χ0n) is 14.6. The SMILES string of the molecule is COCCNC(=S)NC(=O)c1cccc(OCCOc2ccccc2)c1. The fourth-order valence-electron chi connectivity index (χ4n) is 2.05. The number of hydrogen-bond donors (Lipinski definition) is 2. The number of methoxy groups -OCH3 is 1. The summed E-state index contributed by atoms with van der Waals surface area (Å²) in [6.45, 7) is 1.81. The Morgan fingerprint density at radius 1 is 0.962 bits per heavy atom. The van der Waals surface area contributed by atoms with Gasteiger partial charge in [0.05, 0.1) is 6.61 Å². The first-order chi connectivity index (χ1) is 12.7. The van der Waals surface area contributed by atoms with Crippen molar-refractivity contribution in [1.82, 2.24) is 10.6 Å². The summed E-state index contributed by atoms with van der Waals surface area (Å²) in [6, 6.07) is 16.4. The van der Waals surface area contributed by atoms with Crippen LogP contribution in [0.3, 0.4) is 0 Å². The number of carbonyl (C=O) groups excluding carboxylic acids is 1. The average Bonchev–Trinajstić information content (AvgIpc) is 2.66. The van der Waals surface area contributed by atoms with Crippen molar-refractivity contribution >= 4 is 23.2 Å². The molecule has 0 aromatic heterocycles. The number of rotatable bonds is 9. The molecule has 2 aromatic carbocycles. The third-order valence-corrected chi connectivity index (χ3v) is 3.53. The number of benzene rings is 2. The topological polar surface area (TPSA) is 68.8 Å². The Bertz CT molecular complexity index is 710. The molecular weight excluding hydrogens is 352 g/mol. The Kier molecular flexibility index (Phi) is 8.38. The summed E-state index contributed by atoms with van der Waals surface area (Å²) in [5, 5.41) is 5.76. The molecule has 0 saturated heterocycles. The predicted molar refractivity (Wildman–Crippen MR) is 104 cm³/mol. The highest BCUT2D eigenvalue weighted by Crippen LogP contribution is 2.14. The van der Waals surface area contributed by atoms with Crippen LogP contribution in [-0.4, -0.2) is 44.5 Å². The molecule has 0 fully saturated rings. The van der Waals surface area contributed by atoms with Crippen molar-refractivity contribution in [2.24, 2.45) is 0 Å². The molecule has 0 bridgehead atoms. The van der Waals surface area contributed by atoms with Gasteiger partial charge in [0.15, 0.2) is 5.11 Å². The lowest BCUT2D eigenvalue weighted by Crippen LogP contribution is -2.40. The van der Waals surface area contributed by atoms with E-state index in [1.807, 2.05) is 30.3 Å². The van der Waals surface area contributed by atoms with Gasteiger partial charge < -0.3 is 19.5 Å². The van der Waals surface area contributed by atoms with E-state index in [0.29, 0.717) is 37.7 Å². The molecule has 0 aliphatic heterocycles. The van der Waals surface area contributed by atoms with Crippen LogP contribution < -0.4 is 20.1 Å². The van der Waals surface area contributed by atoms with Crippen LogP contribution in [-0.2, 0) is 4.74 Å². The summed E-state index contributed by atoms with van der Waals surface area (Å²) in [7, 11) is 1.60. The summed E-state index contributed by atoms with van der Waals surface area (Å²) in [6.07, 6.45) is 0. The van der Waals surface area contributed by atoms with Crippen molar-refractivity contribution < 1.29 is 19.0 Å². The maximum atomic E-state index is 12.2. The molecule has 0 radical (unpaired) electrons. The number of hydrogen-bond acceptors (Lipinski definition) is 5. The summed E-state index contributed by atoms with van der Waals surface area (Å²) >= 11 is 5.06. The van der Waals surface area contributed by atoms with Crippen LogP contribution >= 0.6 is 12.2 Å². The molecule has 2 rings (SSSR count). The van der Waals surface area contributed by atoms with Crippen LogP contribution in [0.25, 0.3) is 0 Å². The van der Waals surface area contributed by atoms with Crippen LogP contribution in [0, 0.1) is 0 Å². The number of carbonyl (C=O) groups is 1. The molecule has 0 atom stereocenters. The highest BCUT2D eigenvalue weighted by atomic mass is 32.1. The quantitative estimate of drug-likeness (QED) is 0.519. The monoisotopic (exact) mass is 374 g/mol. The van der Waals surface area contributed by atoms with Gasteiger partial charge in [-0.15, -0.1) is 0 Å². The number of nitrogens with one attached hydrogen (secondary N) is 2. The Labute approximate surface area is 158 Å². The Hall–Kier alpha value is -2.64. The van der Waals surface area contributed by atoms with E-state index < -0.39 is 0 Å². The molecule has 2 aromatic rings. The van der Waals surface area contributed by atoms with Gasteiger partial charge >= 0.3 is 0 Å². The van der Waals surface area contributed by atoms with Gasteiger partial charge in [-0.25, -0.2) is 0 Å². The first-order valence-corrected chi connectivity index (χ1v) is 8.58. The van der Waals surface area contributed by atoms with E-state index in [-0.39, 0.29) is 11.0 Å². The van der Waals surface area contributed by atoms with Crippen molar-refractivity contribution in [2.75, 3.05) is 33.5 Å². The van der Waals surface area contributed by atoms with E-state index in [1.165, 1.54) is 0 Å². The summed E-state index contributed by atoms with van der Waals surface area (Å²) in [5.41, 5.74) is 0.461. The second-order valence-electron chi connectivity index (χ2n) is 5.24. The molecule has 26 heavy (non-hydrogen) atoms. The maximum absolute atomic E-state index is 12.2. The van der Waals surface area contributed by atoms with E-state index in [2.05, 4.69) is 10.6 Å². The van der Waals surface area contributed by atoms with Crippen molar-refractivity contribution in [1.29, 1.82) is 0 Å². The third kappa shape index (κ3) is 7.08. The lowest BCUT2D eigenvalue weighted by Gasteiger charge is -2.11. The Morgan fingerprint density at radius 2 is 1.65 bits per heavy atom. The molecule has 7 heteroatoms. The van der Waals surface area contributed by atoms with E-state index in [1.54, 1.807) is 31.4 Å². The molecule has 2 N–H and O–H groups in total. The minimum atomic E-state index is -0.300. The normalized spacial score (nSPS) is 10.0. The van der Waals surface area contributed by atoms with Crippen LogP contribution in [0.5, 0.6) is 11.5 Å². The van der Waals surface area contributed by atoms with Gasteiger partial charge in [-0.2, -0.15) is 0 Å². The maximum Gasteiger partial charge on any atom is 0.257 e. The second kappa shape index (κ2) is 11.1. The highest BCUT2D eigenvalue weighted by molar-refractivity contribution is 7.80. The molecule has 0 saturated carbocycles. The van der Waals surface area contributed by atoms with Gasteiger partial charge in [0, 0.05) is 19.2 Å². The van der Waals surface area contributed by atoms with Crippen molar-refractivity contribution in [3.63, 3.8) is 0 Å². The minimum Gasteiger partial charge on any atom is -0.490 e. The predicted octanol–water partition coefficient (Wildman–Crippen LogP) is 2.40. The number of para-hydroxylation sites is 1. The molecule has 0 spiro atoms. The molecule has 1 amide bonds. The second-order valence-corrected chi connectivity index (χ2v) is 5.65. The fraction of sp³-hybridized carbons (Fsp3) is 0.263. The standard InChI is InChI=1S/C19H22N2O4S/c1-23-11-10-20-19(26)21-18(22)15-6-5-9-17(14-15)25-13-12-24-16-7-3-2-4-8-16/h2-9,14H,10-13H2,1H3,(H2,20,21,22,26).